The maximum Gasteiger partial charge on any atom is 0.159 e. The van der Waals surface area contributed by atoms with Crippen molar-refractivity contribution >= 4 is 55.9 Å². The van der Waals surface area contributed by atoms with Crippen molar-refractivity contribution in [1.29, 1.82) is 0 Å². The van der Waals surface area contributed by atoms with Gasteiger partial charge in [-0.15, -0.1) is 0 Å². The lowest BCUT2D eigenvalue weighted by Crippen LogP contribution is -2.42. The van der Waals surface area contributed by atoms with E-state index in [1.54, 1.807) is 0 Å². The minimum Gasteiger partial charge on any atom is -0.483 e. The van der Waals surface area contributed by atoms with Crippen molar-refractivity contribution < 1.29 is 9.15 Å². The molecule has 4 heteroatoms. The van der Waals surface area contributed by atoms with Gasteiger partial charge in [-0.05, 0) is 100 Å². The van der Waals surface area contributed by atoms with Gasteiger partial charge in [-0.3, -0.25) is 0 Å². The van der Waals surface area contributed by atoms with Gasteiger partial charge in [0.25, 0.3) is 0 Å². The summed E-state index contributed by atoms with van der Waals surface area (Å²) in [5.74, 6) is 0.946. The molecule has 9 aromatic carbocycles. The molecule has 0 bridgehead atoms. The molecule has 2 aliphatic rings. The number of rotatable bonds is 9. The summed E-state index contributed by atoms with van der Waals surface area (Å²) in [5, 5.41) is 2.23. The first kappa shape index (κ1) is 37.4. The van der Waals surface area contributed by atoms with Crippen molar-refractivity contribution in [2.45, 2.75) is 12.1 Å². The van der Waals surface area contributed by atoms with E-state index in [2.05, 4.69) is 234 Å². The lowest BCUT2D eigenvalue weighted by Gasteiger charge is -2.37. The van der Waals surface area contributed by atoms with E-state index >= 15 is 0 Å². The SMILES string of the molecule is C1=CC(N(c2ccccc2)c2ccc(-c3ccc(-c4ccc(-c5ccc(N(c6ccccc6)c6cccc7c6oc6ccccc67)cc5)cc4)cc3)cc2)C2Oc3ccccc3C2=C1. The first-order valence-electron chi connectivity index (χ1n) is 21.9. The molecule has 0 fully saturated rings. The third kappa shape index (κ3) is 6.64. The van der Waals surface area contributed by atoms with E-state index in [1.165, 1.54) is 39.0 Å². The fraction of sp³-hybridized carbons (Fsp3) is 0.0333. The van der Waals surface area contributed by atoms with E-state index in [9.17, 15) is 0 Å². The summed E-state index contributed by atoms with van der Waals surface area (Å²) in [6, 6.07) is 79.6. The number of furan rings is 1. The Balaban J connectivity index is 0.777. The van der Waals surface area contributed by atoms with Crippen molar-refractivity contribution in [2.75, 3.05) is 9.80 Å². The fourth-order valence-electron chi connectivity index (χ4n) is 9.52. The van der Waals surface area contributed by atoms with Gasteiger partial charge in [-0.25, -0.2) is 0 Å². The predicted molar refractivity (Wildman–Crippen MR) is 265 cm³/mol. The Kier molecular flexibility index (Phi) is 9.27. The molecule has 304 valence electrons. The Morgan fingerprint density at radius 3 is 1.52 bits per heavy atom. The van der Waals surface area contributed by atoms with Gasteiger partial charge < -0.3 is 19.0 Å². The topological polar surface area (TPSA) is 28.9 Å². The second-order valence-electron chi connectivity index (χ2n) is 16.4. The number of hydrogen-bond acceptors (Lipinski definition) is 4. The molecular weight excluding hydrogens is 781 g/mol. The molecule has 4 nitrogen and oxygen atoms in total. The lowest BCUT2D eigenvalue weighted by atomic mass is 9.91. The van der Waals surface area contributed by atoms with Crippen LogP contribution in [0.25, 0.3) is 60.9 Å². The van der Waals surface area contributed by atoms with Crippen molar-refractivity contribution in [1.82, 2.24) is 0 Å². The summed E-state index contributed by atoms with van der Waals surface area (Å²) in [4.78, 5) is 4.68. The number of para-hydroxylation sites is 5. The third-order valence-electron chi connectivity index (χ3n) is 12.7. The van der Waals surface area contributed by atoms with Crippen molar-refractivity contribution in [2.24, 2.45) is 0 Å². The van der Waals surface area contributed by atoms with E-state index < -0.39 is 0 Å². The lowest BCUT2D eigenvalue weighted by molar-refractivity contribution is 0.258. The summed E-state index contributed by atoms with van der Waals surface area (Å²) >= 11 is 0. The highest BCUT2D eigenvalue weighted by molar-refractivity contribution is 6.10. The molecule has 12 rings (SSSR count). The molecule has 0 spiro atoms. The largest absolute Gasteiger partial charge is 0.483 e. The van der Waals surface area contributed by atoms with Crippen molar-refractivity contribution in [3.8, 4) is 39.1 Å². The zero-order valence-electron chi connectivity index (χ0n) is 35.0. The molecule has 0 radical (unpaired) electrons. The zero-order chi connectivity index (χ0) is 42.4. The second-order valence-corrected chi connectivity index (χ2v) is 16.4. The molecule has 1 aliphatic carbocycles. The molecule has 64 heavy (non-hydrogen) atoms. The van der Waals surface area contributed by atoms with Crippen LogP contribution in [0.4, 0.5) is 28.4 Å². The van der Waals surface area contributed by atoms with Crippen LogP contribution >= 0.6 is 0 Å². The Labute approximate surface area is 372 Å². The molecular formula is C60H42N2O2. The number of fused-ring (bicyclic) bond motifs is 6. The molecule has 0 amide bonds. The average Bonchev–Trinajstić information content (AvgIpc) is 3.95. The summed E-state index contributed by atoms with van der Waals surface area (Å²) < 4.78 is 13.1. The van der Waals surface area contributed by atoms with Crippen LogP contribution < -0.4 is 14.5 Å². The van der Waals surface area contributed by atoms with Crippen LogP contribution in [-0.2, 0) is 0 Å². The number of benzene rings is 9. The zero-order valence-corrected chi connectivity index (χ0v) is 35.0. The minimum atomic E-state index is -0.100. The minimum absolute atomic E-state index is 0.00844. The third-order valence-corrected chi connectivity index (χ3v) is 12.7. The highest BCUT2D eigenvalue weighted by Crippen LogP contribution is 2.45. The Morgan fingerprint density at radius 2 is 0.875 bits per heavy atom. The number of ether oxygens (including phenoxy) is 1. The van der Waals surface area contributed by atoms with Crippen LogP contribution in [0.3, 0.4) is 0 Å². The quantitative estimate of drug-likeness (QED) is 0.145. The summed E-state index contributed by atoms with van der Waals surface area (Å²) in [6.07, 6.45) is 6.53. The first-order valence-corrected chi connectivity index (χ1v) is 21.9. The predicted octanol–water partition coefficient (Wildman–Crippen LogP) is 16.0. The van der Waals surface area contributed by atoms with Crippen LogP contribution in [0.15, 0.2) is 247 Å². The number of hydrogen-bond donors (Lipinski definition) is 0. The van der Waals surface area contributed by atoms with Crippen LogP contribution in [0.2, 0.25) is 0 Å². The van der Waals surface area contributed by atoms with E-state index in [0.29, 0.717) is 0 Å². The summed E-state index contributed by atoms with van der Waals surface area (Å²) in [7, 11) is 0. The number of nitrogens with zero attached hydrogens (tertiary/aromatic N) is 2. The Hall–Kier alpha value is -8.34. The number of allylic oxidation sites excluding steroid dienone is 2. The van der Waals surface area contributed by atoms with Gasteiger partial charge in [0, 0.05) is 44.7 Å². The monoisotopic (exact) mass is 822 g/mol. The van der Waals surface area contributed by atoms with Crippen molar-refractivity contribution in [3.63, 3.8) is 0 Å². The van der Waals surface area contributed by atoms with Crippen molar-refractivity contribution in [3.05, 3.63) is 248 Å². The molecule has 2 unspecified atom stereocenters. The van der Waals surface area contributed by atoms with E-state index in [-0.39, 0.29) is 12.1 Å². The van der Waals surface area contributed by atoms with Gasteiger partial charge in [0.05, 0.1) is 11.7 Å². The van der Waals surface area contributed by atoms with Gasteiger partial charge in [0.1, 0.15) is 17.4 Å². The van der Waals surface area contributed by atoms with Gasteiger partial charge in [0.15, 0.2) is 5.58 Å². The van der Waals surface area contributed by atoms with E-state index in [1.807, 2.05) is 18.2 Å². The standard InChI is InChI=1S/C60H42N2O2/c1-3-13-47(14-4-1)61(55-21-11-19-53-51-17-7-9-23-57(51)63-59(53)55)49-37-33-45(34-38-49)43-29-25-41(26-30-43)42-27-31-44(32-28-42)46-35-39-50(40-36-46)62(48-15-5-2-6-16-48)56-22-12-20-54-52-18-8-10-24-58(52)64-60(54)56/h1-40,55,59H. The maximum atomic E-state index is 6.61. The molecule has 0 saturated heterocycles. The molecule has 2 atom stereocenters. The molecule has 1 aliphatic heterocycles. The average molecular weight is 823 g/mol. The van der Waals surface area contributed by atoms with Crippen LogP contribution in [0, 0.1) is 0 Å². The summed E-state index contributed by atoms with van der Waals surface area (Å²) in [5.41, 5.74) is 16.6. The Bertz CT molecular complexity index is 3330. The van der Waals surface area contributed by atoms with Gasteiger partial charge >= 0.3 is 0 Å². The highest BCUT2D eigenvalue weighted by Gasteiger charge is 2.39. The maximum absolute atomic E-state index is 6.61. The Morgan fingerprint density at radius 1 is 0.391 bits per heavy atom. The van der Waals surface area contributed by atoms with Crippen LogP contribution in [0.5, 0.6) is 5.75 Å². The van der Waals surface area contributed by atoms with Gasteiger partial charge in [0.2, 0.25) is 0 Å². The van der Waals surface area contributed by atoms with Crippen LogP contribution in [-0.4, -0.2) is 12.1 Å². The van der Waals surface area contributed by atoms with E-state index in [0.717, 1.165) is 61.7 Å². The summed E-state index contributed by atoms with van der Waals surface area (Å²) in [6.45, 7) is 0. The highest BCUT2D eigenvalue weighted by atomic mass is 16.5. The van der Waals surface area contributed by atoms with Crippen LogP contribution in [0.1, 0.15) is 5.56 Å². The van der Waals surface area contributed by atoms with E-state index in [4.69, 9.17) is 9.15 Å². The first-order chi connectivity index (χ1) is 31.7. The molecule has 2 heterocycles. The normalized spacial score (nSPS) is 15.0. The molecule has 0 N–H and O–H groups in total. The van der Waals surface area contributed by atoms with Gasteiger partial charge in [-0.2, -0.15) is 0 Å². The fourth-order valence-corrected chi connectivity index (χ4v) is 9.52. The second kappa shape index (κ2) is 15.8. The van der Waals surface area contributed by atoms with Gasteiger partial charge in [-0.1, -0.05) is 176 Å². The number of anilines is 5. The molecule has 10 aromatic rings. The smallest absolute Gasteiger partial charge is 0.159 e. The molecule has 1 aromatic heterocycles. The molecule has 0 saturated carbocycles.